The van der Waals surface area contributed by atoms with Gasteiger partial charge >= 0.3 is 0 Å². The quantitative estimate of drug-likeness (QED) is 0.557. The monoisotopic (exact) mass is 323 g/mol. The van der Waals surface area contributed by atoms with Crippen molar-refractivity contribution in [1.29, 1.82) is 5.41 Å². The van der Waals surface area contributed by atoms with Gasteiger partial charge in [-0.05, 0) is 29.8 Å². The summed E-state index contributed by atoms with van der Waals surface area (Å²) >= 11 is 5.92. The van der Waals surface area contributed by atoms with E-state index in [1.165, 1.54) is 6.21 Å². The van der Waals surface area contributed by atoms with E-state index in [1.54, 1.807) is 30.9 Å². The van der Waals surface area contributed by atoms with Crippen LogP contribution in [0.2, 0.25) is 5.15 Å². The highest BCUT2D eigenvalue weighted by Crippen LogP contribution is 2.18. The molecule has 23 heavy (non-hydrogen) atoms. The number of pyridine rings is 3. The number of hydrogen-bond donors (Lipinski definition) is 2. The molecule has 3 aromatic rings. The summed E-state index contributed by atoms with van der Waals surface area (Å²) in [6, 6.07) is 9.28. The van der Waals surface area contributed by atoms with Gasteiger partial charge in [0.25, 0.3) is 0 Å². The molecule has 0 unspecified atom stereocenters. The third-order valence-electron chi connectivity index (χ3n) is 3.28. The van der Waals surface area contributed by atoms with E-state index < -0.39 is 0 Å². The Labute approximate surface area is 138 Å². The molecule has 6 heteroatoms. The Morgan fingerprint density at radius 1 is 1.22 bits per heavy atom. The van der Waals surface area contributed by atoms with Crippen LogP contribution in [0.1, 0.15) is 11.1 Å². The molecule has 0 aliphatic heterocycles. The SMILES string of the molecule is N=C/C(=C\NCc1cccnc1)c1cnc2ccc(Cl)nc2c1. The minimum Gasteiger partial charge on any atom is -0.386 e. The second kappa shape index (κ2) is 6.98. The van der Waals surface area contributed by atoms with Gasteiger partial charge in [0.15, 0.2) is 0 Å². The number of halogens is 1. The van der Waals surface area contributed by atoms with Crippen LogP contribution in [0.5, 0.6) is 0 Å². The molecule has 0 amide bonds. The lowest BCUT2D eigenvalue weighted by atomic mass is 10.1. The lowest BCUT2D eigenvalue weighted by Crippen LogP contribution is -2.06. The molecule has 0 fully saturated rings. The number of nitrogens with zero attached hydrogens (tertiary/aromatic N) is 3. The molecular weight excluding hydrogens is 310 g/mol. The van der Waals surface area contributed by atoms with Crippen LogP contribution >= 0.6 is 11.6 Å². The summed E-state index contributed by atoms with van der Waals surface area (Å²) < 4.78 is 0. The maximum Gasteiger partial charge on any atom is 0.129 e. The normalized spacial score (nSPS) is 11.4. The van der Waals surface area contributed by atoms with E-state index >= 15 is 0 Å². The maximum atomic E-state index is 7.61. The van der Waals surface area contributed by atoms with Crippen molar-refractivity contribution in [2.24, 2.45) is 0 Å². The molecule has 0 aromatic carbocycles. The van der Waals surface area contributed by atoms with E-state index in [1.807, 2.05) is 24.3 Å². The standard InChI is InChI=1S/C17H14ClN5/c18-17-4-3-15-16(23-17)6-13(11-22-15)14(7-19)10-21-9-12-2-1-5-20-8-12/h1-8,10-11,19,21H,9H2/b14-10+,19-7?. The molecule has 0 saturated carbocycles. The van der Waals surface area contributed by atoms with Crippen LogP contribution in [-0.2, 0) is 6.54 Å². The third kappa shape index (κ3) is 3.70. The van der Waals surface area contributed by atoms with Crippen LogP contribution in [-0.4, -0.2) is 21.2 Å². The third-order valence-corrected chi connectivity index (χ3v) is 3.49. The number of hydrogen-bond acceptors (Lipinski definition) is 5. The molecular formula is C17H14ClN5. The van der Waals surface area contributed by atoms with E-state index in [-0.39, 0.29) is 0 Å². The first-order valence-corrected chi connectivity index (χ1v) is 7.39. The van der Waals surface area contributed by atoms with E-state index in [0.29, 0.717) is 22.8 Å². The van der Waals surface area contributed by atoms with Gasteiger partial charge in [-0.3, -0.25) is 9.97 Å². The van der Waals surface area contributed by atoms with Crippen molar-refractivity contribution in [3.8, 4) is 0 Å². The Morgan fingerprint density at radius 2 is 2.13 bits per heavy atom. The molecule has 3 rings (SSSR count). The molecule has 0 atom stereocenters. The molecule has 0 aliphatic carbocycles. The van der Waals surface area contributed by atoms with Crippen LogP contribution in [0.3, 0.4) is 0 Å². The van der Waals surface area contributed by atoms with Gasteiger partial charge < -0.3 is 10.7 Å². The number of nitrogens with one attached hydrogen (secondary N) is 2. The molecule has 0 bridgehead atoms. The van der Waals surface area contributed by atoms with Crippen molar-refractivity contribution in [3.63, 3.8) is 0 Å². The van der Waals surface area contributed by atoms with Crippen molar-refractivity contribution in [2.45, 2.75) is 6.54 Å². The second-order valence-electron chi connectivity index (χ2n) is 4.88. The maximum absolute atomic E-state index is 7.61. The molecule has 0 spiro atoms. The van der Waals surface area contributed by atoms with Crippen LogP contribution in [0.15, 0.2) is 55.1 Å². The summed E-state index contributed by atoms with van der Waals surface area (Å²) in [5, 5.41) is 11.2. The summed E-state index contributed by atoms with van der Waals surface area (Å²) in [6.07, 6.45) is 8.33. The van der Waals surface area contributed by atoms with Crippen LogP contribution < -0.4 is 5.32 Å². The largest absolute Gasteiger partial charge is 0.386 e. The summed E-state index contributed by atoms with van der Waals surface area (Å²) in [7, 11) is 0. The number of aromatic nitrogens is 3. The fourth-order valence-electron chi connectivity index (χ4n) is 2.13. The summed E-state index contributed by atoms with van der Waals surface area (Å²) in [4.78, 5) is 12.7. The average Bonchev–Trinajstić information content (AvgIpc) is 2.59. The zero-order valence-electron chi connectivity index (χ0n) is 12.2. The summed E-state index contributed by atoms with van der Waals surface area (Å²) in [5.74, 6) is 0. The average molecular weight is 324 g/mol. The predicted octanol–water partition coefficient (Wildman–Crippen LogP) is 3.46. The smallest absolute Gasteiger partial charge is 0.129 e. The molecule has 114 valence electrons. The van der Waals surface area contributed by atoms with Gasteiger partial charge in [-0.1, -0.05) is 17.7 Å². The highest BCUT2D eigenvalue weighted by Gasteiger charge is 2.03. The zero-order chi connectivity index (χ0) is 16.1. The second-order valence-corrected chi connectivity index (χ2v) is 5.27. The van der Waals surface area contributed by atoms with Crippen LogP contribution in [0, 0.1) is 5.41 Å². The first kappa shape index (κ1) is 15.1. The minimum atomic E-state index is 0.423. The Morgan fingerprint density at radius 3 is 2.91 bits per heavy atom. The first-order chi connectivity index (χ1) is 11.3. The molecule has 0 radical (unpaired) electrons. The van der Waals surface area contributed by atoms with E-state index in [9.17, 15) is 0 Å². The van der Waals surface area contributed by atoms with Crippen molar-refractivity contribution >= 4 is 34.4 Å². The molecule has 3 heterocycles. The lowest BCUT2D eigenvalue weighted by Gasteiger charge is -2.06. The van der Waals surface area contributed by atoms with Gasteiger partial charge in [-0.25, -0.2) is 4.98 Å². The van der Waals surface area contributed by atoms with Crippen molar-refractivity contribution in [3.05, 3.63) is 71.4 Å². The van der Waals surface area contributed by atoms with Gasteiger partial charge in [-0.15, -0.1) is 0 Å². The topological polar surface area (TPSA) is 74.6 Å². The van der Waals surface area contributed by atoms with Crippen molar-refractivity contribution in [1.82, 2.24) is 20.3 Å². The number of allylic oxidation sites excluding steroid dienone is 1. The highest BCUT2D eigenvalue weighted by molar-refractivity contribution is 6.29. The van der Waals surface area contributed by atoms with Crippen molar-refractivity contribution < 1.29 is 0 Å². The van der Waals surface area contributed by atoms with Gasteiger partial charge in [-0.2, -0.15) is 0 Å². The fraction of sp³-hybridized carbons (Fsp3) is 0.0588. The number of fused-ring (bicyclic) bond motifs is 1. The molecule has 0 saturated heterocycles. The van der Waals surface area contributed by atoms with E-state index in [0.717, 1.165) is 16.6 Å². The predicted molar refractivity (Wildman–Crippen MR) is 92.4 cm³/mol. The van der Waals surface area contributed by atoms with Crippen LogP contribution in [0.4, 0.5) is 0 Å². The Kier molecular flexibility index (Phi) is 4.59. The minimum absolute atomic E-state index is 0.423. The van der Waals surface area contributed by atoms with Crippen molar-refractivity contribution in [2.75, 3.05) is 0 Å². The highest BCUT2D eigenvalue weighted by atomic mass is 35.5. The summed E-state index contributed by atoms with van der Waals surface area (Å²) in [5.41, 5.74) is 4.06. The molecule has 0 aliphatic rings. The molecule has 5 nitrogen and oxygen atoms in total. The first-order valence-electron chi connectivity index (χ1n) is 7.02. The Hall–Kier alpha value is -2.79. The Bertz CT molecular complexity index is 861. The van der Waals surface area contributed by atoms with E-state index in [2.05, 4.69) is 20.3 Å². The van der Waals surface area contributed by atoms with Gasteiger partial charge in [0.2, 0.25) is 0 Å². The lowest BCUT2D eigenvalue weighted by molar-refractivity contribution is 0.866. The zero-order valence-corrected chi connectivity index (χ0v) is 13.0. The molecule has 2 N–H and O–H groups in total. The van der Waals surface area contributed by atoms with Gasteiger partial charge in [0.1, 0.15) is 5.15 Å². The van der Waals surface area contributed by atoms with Crippen LogP contribution in [0.25, 0.3) is 16.6 Å². The Balaban J connectivity index is 1.82. The van der Waals surface area contributed by atoms with E-state index in [4.69, 9.17) is 17.0 Å². The fourth-order valence-corrected chi connectivity index (χ4v) is 2.28. The summed E-state index contributed by atoms with van der Waals surface area (Å²) in [6.45, 7) is 0.635. The van der Waals surface area contributed by atoms with Gasteiger partial charge in [0, 0.05) is 48.7 Å². The number of rotatable bonds is 5. The molecule has 3 aromatic heterocycles. The van der Waals surface area contributed by atoms with Gasteiger partial charge in [0.05, 0.1) is 11.0 Å².